The van der Waals surface area contributed by atoms with Crippen LogP contribution in [0, 0.1) is 0 Å². The van der Waals surface area contributed by atoms with Gasteiger partial charge in [0.1, 0.15) is 0 Å². The third-order valence-corrected chi connectivity index (χ3v) is 3.27. The molecule has 3 aromatic rings. The van der Waals surface area contributed by atoms with E-state index in [2.05, 4.69) is 19.9 Å². The van der Waals surface area contributed by atoms with Gasteiger partial charge >= 0.3 is 0 Å². The van der Waals surface area contributed by atoms with Gasteiger partial charge in [-0.15, -0.1) is 0 Å². The van der Waals surface area contributed by atoms with Gasteiger partial charge in [-0.05, 0) is 30.7 Å². The smallest absolute Gasteiger partial charge is 0.0951 e. The Morgan fingerprint density at radius 2 is 2.15 bits per heavy atom. The zero-order valence-electron chi connectivity index (χ0n) is 11.2. The Labute approximate surface area is 117 Å². The molecule has 20 heavy (non-hydrogen) atoms. The molecule has 0 aliphatic carbocycles. The fourth-order valence-corrected chi connectivity index (χ4v) is 2.25. The minimum Gasteiger partial charge on any atom is -0.397 e. The first-order valence-electron chi connectivity index (χ1n) is 6.67. The zero-order valence-corrected chi connectivity index (χ0v) is 11.2. The number of benzene rings is 1. The monoisotopic (exact) mass is 267 g/mol. The molecule has 0 fully saturated rings. The molecule has 102 valence electrons. The fraction of sp³-hybridized carbons (Fsp3) is 0.200. The quantitative estimate of drug-likeness (QED) is 0.550. The highest BCUT2D eigenvalue weighted by Gasteiger charge is 2.04. The normalized spacial score (nSPS) is 10.8. The van der Waals surface area contributed by atoms with E-state index in [1.54, 1.807) is 12.4 Å². The lowest BCUT2D eigenvalue weighted by Crippen LogP contribution is -2.06. The molecule has 0 radical (unpaired) electrons. The van der Waals surface area contributed by atoms with Crippen molar-refractivity contribution in [1.29, 1.82) is 0 Å². The molecule has 0 bridgehead atoms. The minimum absolute atomic E-state index is 0.713. The van der Waals surface area contributed by atoms with Crippen molar-refractivity contribution in [1.82, 2.24) is 14.5 Å². The number of hydrogen-bond donors (Lipinski definition) is 2. The SMILES string of the molecule is Nc1ccc(NCCCn2ccnc2)c2cccnc12. The number of anilines is 2. The molecule has 3 rings (SSSR count). The van der Waals surface area contributed by atoms with Crippen molar-refractivity contribution in [2.75, 3.05) is 17.6 Å². The molecule has 3 N–H and O–H groups in total. The number of nitrogens with zero attached hydrogens (tertiary/aromatic N) is 3. The van der Waals surface area contributed by atoms with E-state index in [-0.39, 0.29) is 0 Å². The Bertz CT molecular complexity index is 691. The summed E-state index contributed by atoms with van der Waals surface area (Å²) in [6.07, 6.45) is 8.40. The van der Waals surface area contributed by atoms with Gasteiger partial charge in [-0.3, -0.25) is 4.98 Å². The van der Waals surface area contributed by atoms with Gasteiger partial charge in [-0.2, -0.15) is 0 Å². The average molecular weight is 267 g/mol. The van der Waals surface area contributed by atoms with Crippen LogP contribution < -0.4 is 11.1 Å². The van der Waals surface area contributed by atoms with Gasteiger partial charge in [0.25, 0.3) is 0 Å². The number of nitrogens with two attached hydrogens (primary N) is 1. The fourth-order valence-electron chi connectivity index (χ4n) is 2.25. The lowest BCUT2D eigenvalue weighted by Gasteiger charge is -2.11. The molecular formula is C15H17N5. The summed E-state index contributed by atoms with van der Waals surface area (Å²) in [4.78, 5) is 8.36. The summed E-state index contributed by atoms with van der Waals surface area (Å²) in [7, 11) is 0. The number of rotatable bonds is 5. The van der Waals surface area contributed by atoms with Crippen molar-refractivity contribution in [2.24, 2.45) is 0 Å². The molecule has 0 unspecified atom stereocenters. The highest BCUT2D eigenvalue weighted by molar-refractivity contribution is 5.98. The molecule has 0 amide bonds. The summed E-state index contributed by atoms with van der Waals surface area (Å²) in [6.45, 7) is 1.85. The van der Waals surface area contributed by atoms with Gasteiger partial charge in [0.05, 0.1) is 17.5 Å². The van der Waals surface area contributed by atoms with Crippen molar-refractivity contribution in [3.05, 3.63) is 49.2 Å². The summed E-state index contributed by atoms with van der Waals surface area (Å²) < 4.78 is 2.07. The molecule has 5 nitrogen and oxygen atoms in total. The number of nitrogen functional groups attached to an aromatic ring is 1. The molecule has 0 aliphatic heterocycles. The predicted octanol–water partition coefficient (Wildman–Crippen LogP) is 2.52. The van der Waals surface area contributed by atoms with E-state index in [0.29, 0.717) is 5.69 Å². The summed E-state index contributed by atoms with van der Waals surface area (Å²) in [5, 5.41) is 4.51. The molecule has 1 aromatic carbocycles. The molecule has 0 saturated carbocycles. The first-order chi connectivity index (χ1) is 9.84. The molecule has 0 aliphatic rings. The predicted molar refractivity (Wildman–Crippen MR) is 81.5 cm³/mol. The van der Waals surface area contributed by atoms with Crippen molar-refractivity contribution < 1.29 is 0 Å². The van der Waals surface area contributed by atoms with Crippen LogP contribution in [0.15, 0.2) is 49.2 Å². The van der Waals surface area contributed by atoms with E-state index in [1.165, 1.54) is 0 Å². The van der Waals surface area contributed by atoms with Crippen LogP contribution in [0.2, 0.25) is 0 Å². The Hall–Kier alpha value is -2.56. The van der Waals surface area contributed by atoms with Crippen molar-refractivity contribution >= 4 is 22.3 Å². The Balaban J connectivity index is 1.67. The summed E-state index contributed by atoms with van der Waals surface area (Å²) >= 11 is 0. The number of aryl methyl sites for hydroxylation is 1. The van der Waals surface area contributed by atoms with Crippen LogP contribution in [0.4, 0.5) is 11.4 Å². The minimum atomic E-state index is 0.713. The third kappa shape index (κ3) is 2.56. The maximum atomic E-state index is 5.94. The maximum absolute atomic E-state index is 5.94. The number of nitrogens with one attached hydrogen (secondary N) is 1. The van der Waals surface area contributed by atoms with Crippen LogP contribution in [0.25, 0.3) is 10.9 Å². The number of hydrogen-bond acceptors (Lipinski definition) is 4. The van der Waals surface area contributed by atoms with Crippen molar-refractivity contribution in [3.63, 3.8) is 0 Å². The zero-order chi connectivity index (χ0) is 13.8. The second-order valence-corrected chi connectivity index (χ2v) is 4.68. The highest BCUT2D eigenvalue weighted by atomic mass is 15.0. The van der Waals surface area contributed by atoms with Crippen molar-refractivity contribution in [3.8, 4) is 0 Å². The van der Waals surface area contributed by atoms with E-state index in [9.17, 15) is 0 Å². The number of aromatic nitrogens is 3. The lowest BCUT2D eigenvalue weighted by atomic mass is 10.1. The van der Waals surface area contributed by atoms with Crippen LogP contribution in [-0.4, -0.2) is 21.1 Å². The molecule has 5 heteroatoms. The maximum Gasteiger partial charge on any atom is 0.0951 e. The van der Waals surface area contributed by atoms with Gasteiger partial charge in [-0.1, -0.05) is 0 Å². The van der Waals surface area contributed by atoms with E-state index < -0.39 is 0 Å². The number of pyridine rings is 1. The molecule has 2 aromatic heterocycles. The lowest BCUT2D eigenvalue weighted by molar-refractivity contribution is 0.661. The topological polar surface area (TPSA) is 68.8 Å². The largest absolute Gasteiger partial charge is 0.397 e. The second-order valence-electron chi connectivity index (χ2n) is 4.68. The third-order valence-electron chi connectivity index (χ3n) is 3.27. The summed E-state index contributed by atoms with van der Waals surface area (Å²) in [5.74, 6) is 0. The second kappa shape index (κ2) is 5.61. The molecule has 0 spiro atoms. The van der Waals surface area contributed by atoms with Crippen LogP contribution in [0.1, 0.15) is 6.42 Å². The summed E-state index contributed by atoms with van der Waals surface area (Å²) in [5.41, 5.74) is 8.59. The first kappa shape index (κ1) is 12.5. The van der Waals surface area contributed by atoms with E-state index in [1.807, 2.05) is 36.8 Å². The highest BCUT2D eigenvalue weighted by Crippen LogP contribution is 2.26. The summed E-state index contributed by atoms with van der Waals surface area (Å²) in [6, 6.07) is 7.87. The van der Waals surface area contributed by atoms with Gasteiger partial charge < -0.3 is 15.6 Å². The molecule has 0 atom stereocenters. The number of fused-ring (bicyclic) bond motifs is 1. The van der Waals surface area contributed by atoms with Crippen LogP contribution in [-0.2, 0) is 6.54 Å². The van der Waals surface area contributed by atoms with E-state index in [0.717, 1.165) is 36.1 Å². The Morgan fingerprint density at radius 1 is 1.20 bits per heavy atom. The van der Waals surface area contributed by atoms with Gasteiger partial charge in [0, 0.05) is 42.8 Å². The van der Waals surface area contributed by atoms with Gasteiger partial charge in [0.2, 0.25) is 0 Å². The molecular weight excluding hydrogens is 250 g/mol. The standard InChI is InChI=1S/C15H17N5/c16-13-4-5-14(12-3-1-6-19-15(12)13)18-7-2-9-20-10-8-17-11-20/h1,3-6,8,10-11,18H,2,7,9,16H2. The number of imidazole rings is 1. The Morgan fingerprint density at radius 3 is 3.00 bits per heavy atom. The molecule has 0 saturated heterocycles. The van der Waals surface area contributed by atoms with E-state index >= 15 is 0 Å². The van der Waals surface area contributed by atoms with Crippen molar-refractivity contribution in [2.45, 2.75) is 13.0 Å². The Kier molecular flexibility index (Phi) is 3.50. The first-order valence-corrected chi connectivity index (χ1v) is 6.67. The van der Waals surface area contributed by atoms with Gasteiger partial charge in [0.15, 0.2) is 0 Å². The van der Waals surface area contributed by atoms with Crippen LogP contribution >= 0.6 is 0 Å². The van der Waals surface area contributed by atoms with Crippen LogP contribution in [0.3, 0.4) is 0 Å². The van der Waals surface area contributed by atoms with Crippen LogP contribution in [0.5, 0.6) is 0 Å². The van der Waals surface area contributed by atoms with E-state index in [4.69, 9.17) is 5.73 Å². The van der Waals surface area contributed by atoms with Gasteiger partial charge in [-0.25, -0.2) is 4.98 Å². The average Bonchev–Trinajstić information content (AvgIpc) is 2.99. The molecule has 2 heterocycles.